The predicted molar refractivity (Wildman–Crippen MR) is 68.2 cm³/mol. The maximum atomic E-state index is 3.24. The van der Waals surface area contributed by atoms with E-state index >= 15 is 0 Å². The maximum Gasteiger partial charge on any atom is 0.0134 e. The van der Waals surface area contributed by atoms with E-state index in [0.717, 1.165) is 36.1 Å². The highest BCUT2D eigenvalue weighted by Crippen LogP contribution is 2.58. The molecular weight excluding hydrogens is 194 g/mol. The first-order valence-electron chi connectivity index (χ1n) is 7.09. The smallest absolute Gasteiger partial charge is 0.0134 e. The molecule has 0 unspecified atom stereocenters. The summed E-state index contributed by atoms with van der Waals surface area (Å²) in [5.74, 6) is 5.25. The molecule has 0 saturated heterocycles. The van der Waals surface area contributed by atoms with Gasteiger partial charge in [0.1, 0.15) is 0 Å². The van der Waals surface area contributed by atoms with E-state index in [9.17, 15) is 0 Å². The van der Waals surface area contributed by atoms with Gasteiger partial charge in [-0.15, -0.1) is 0 Å². The van der Waals surface area contributed by atoms with Gasteiger partial charge < -0.3 is 5.32 Å². The van der Waals surface area contributed by atoms with E-state index in [0.29, 0.717) is 0 Å². The van der Waals surface area contributed by atoms with Gasteiger partial charge in [-0.25, -0.2) is 0 Å². The summed E-state index contributed by atoms with van der Waals surface area (Å²) in [7, 11) is 2.04. The Morgan fingerprint density at radius 3 is 2.12 bits per heavy atom. The maximum absolute atomic E-state index is 3.24. The van der Waals surface area contributed by atoms with Crippen LogP contribution in [0.5, 0.6) is 0 Å². The number of hydrogen-bond donors (Lipinski definition) is 1. The van der Waals surface area contributed by atoms with Gasteiger partial charge in [0, 0.05) is 6.54 Å². The monoisotopic (exact) mass is 219 g/mol. The lowest BCUT2D eigenvalue weighted by Crippen LogP contribution is -2.45. The van der Waals surface area contributed by atoms with Crippen molar-refractivity contribution in [3.8, 4) is 0 Å². The van der Waals surface area contributed by atoms with Crippen molar-refractivity contribution in [2.75, 3.05) is 13.6 Å². The Morgan fingerprint density at radius 2 is 1.62 bits per heavy atom. The largest absolute Gasteiger partial charge is 0.316 e. The van der Waals surface area contributed by atoms with E-state index in [1.807, 2.05) is 7.05 Å². The standard InChI is InChI=1S/C15H25N/c1-10(3-4-16-2)15-13-6-11-5-12(8-13)9-14(15)7-11/h3,11-16H,4-9H2,1-2H3/b10-3+. The van der Waals surface area contributed by atoms with E-state index in [1.54, 1.807) is 37.7 Å². The molecule has 4 rings (SSSR count). The highest BCUT2D eigenvalue weighted by Gasteiger charge is 2.48. The Hall–Kier alpha value is -0.300. The number of likely N-dealkylation sites (N-methyl/N-ethyl adjacent to an activating group) is 1. The molecule has 0 heterocycles. The molecule has 0 aromatic carbocycles. The molecule has 4 fully saturated rings. The van der Waals surface area contributed by atoms with Crippen molar-refractivity contribution in [3.05, 3.63) is 11.6 Å². The van der Waals surface area contributed by atoms with Gasteiger partial charge in [-0.05, 0) is 75.7 Å². The lowest BCUT2D eigenvalue weighted by molar-refractivity contribution is -0.0208. The Labute approximate surface area is 99.7 Å². The molecule has 0 radical (unpaired) electrons. The van der Waals surface area contributed by atoms with Crippen LogP contribution in [0.15, 0.2) is 11.6 Å². The molecule has 0 atom stereocenters. The first-order valence-corrected chi connectivity index (χ1v) is 7.09. The summed E-state index contributed by atoms with van der Waals surface area (Å²) in [6.07, 6.45) is 10.2. The van der Waals surface area contributed by atoms with Crippen LogP contribution < -0.4 is 5.32 Å². The minimum Gasteiger partial charge on any atom is -0.316 e. The lowest BCUT2D eigenvalue weighted by Gasteiger charge is -2.55. The van der Waals surface area contributed by atoms with Crippen molar-refractivity contribution >= 4 is 0 Å². The van der Waals surface area contributed by atoms with Gasteiger partial charge in [-0.3, -0.25) is 0 Å². The van der Waals surface area contributed by atoms with Gasteiger partial charge in [-0.2, -0.15) is 0 Å². The highest BCUT2D eigenvalue weighted by molar-refractivity contribution is 5.13. The quantitative estimate of drug-likeness (QED) is 0.719. The van der Waals surface area contributed by atoms with Crippen molar-refractivity contribution in [3.63, 3.8) is 0 Å². The van der Waals surface area contributed by atoms with Crippen molar-refractivity contribution in [2.45, 2.75) is 39.0 Å². The fourth-order valence-corrected chi connectivity index (χ4v) is 5.07. The van der Waals surface area contributed by atoms with E-state index < -0.39 is 0 Å². The second kappa shape index (κ2) is 4.18. The molecule has 0 amide bonds. The van der Waals surface area contributed by atoms with Crippen molar-refractivity contribution < 1.29 is 0 Å². The van der Waals surface area contributed by atoms with Crippen LogP contribution in [0.2, 0.25) is 0 Å². The minimum atomic E-state index is 0.946. The Morgan fingerprint density at radius 1 is 1.06 bits per heavy atom. The third-order valence-corrected chi connectivity index (χ3v) is 5.38. The number of rotatable bonds is 3. The zero-order valence-electron chi connectivity index (χ0n) is 10.7. The van der Waals surface area contributed by atoms with E-state index in [4.69, 9.17) is 0 Å². The molecule has 4 aliphatic rings. The van der Waals surface area contributed by atoms with Crippen molar-refractivity contribution in [2.24, 2.45) is 29.6 Å². The summed E-state index contributed by atoms with van der Waals surface area (Å²) in [6.45, 7) is 3.43. The molecule has 1 N–H and O–H groups in total. The third-order valence-electron chi connectivity index (χ3n) is 5.38. The zero-order valence-corrected chi connectivity index (χ0v) is 10.7. The Bertz CT molecular complexity index is 264. The molecule has 1 nitrogen and oxygen atoms in total. The summed E-state index contributed by atoms with van der Waals surface area (Å²) >= 11 is 0. The van der Waals surface area contributed by atoms with Crippen LogP contribution in [0.1, 0.15) is 39.0 Å². The zero-order chi connectivity index (χ0) is 11.1. The van der Waals surface area contributed by atoms with E-state index in [2.05, 4.69) is 18.3 Å². The van der Waals surface area contributed by atoms with E-state index in [1.165, 1.54) is 0 Å². The molecule has 0 aliphatic heterocycles. The highest BCUT2D eigenvalue weighted by atomic mass is 14.8. The van der Waals surface area contributed by atoms with Crippen LogP contribution >= 0.6 is 0 Å². The average molecular weight is 219 g/mol. The van der Waals surface area contributed by atoms with Crippen molar-refractivity contribution in [1.29, 1.82) is 0 Å². The molecule has 4 aliphatic carbocycles. The molecule has 4 bridgehead atoms. The molecule has 0 aromatic heterocycles. The van der Waals surface area contributed by atoms with Crippen LogP contribution in [-0.4, -0.2) is 13.6 Å². The summed E-state index contributed by atoms with van der Waals surface area (Å²) < 4.78 is 0. The third kappa shape index (κ3) is 1.73. The predicted octanol–water partition coefficient (Wildman–Crippen LogP) is 3.22. The SMILES string of the molecule is CNC/C=C(\C)C1C2CC3CC(C2)CC1C3. The summed E-state index contributed by atoms with van der Waals surface area (Å²) in [4.78, 5) is 0. The van der Waals surface area contributed by atoms with Crippen LogP contribution in [-0.2, 0) is 0 Å². The van der Waals surface area contributed by atoms with Gasteiger partial charge in [0.25, 0.3) is 0 Å². The minimum absolute atomic E-state index is 0.946. The molecule has 0 spiro atoms. The second-order valence-electron chi connectivity index (χ2n) is 6.46. The first kappa shape index (κ1) is 10.8. The van der Waals surface area contributed by atoms with Crippen molar-refractivity contribution in [1.82, 2.24) is 5.32 Å². The number of hydrogen-bond acceptors (Lipinski definition) is 1. The number of allylic oxidation sites excluding steroid dienone is 1. The summed E-state index contributed by atoms with van der Waals surface area (Å²) in [6, 6.07) is 0. The Balaban J connectivity index is 1.76. The van der Waals surface area contributed by atoms with Gasteiger partial charge in [-0.1, -0.05) is 11.6 Å². The molecule has 1 heteroatoms. The lowest BCUT2D eigenvalue weighted by atomic mass is 9.50. The van der Waals surface area contributed by atoms with E-state index in [-0.39, 0.29) is 0 Å². The normalized spacial score (nSPS) is 46.4. The fourth-order valence-electron chi connectivity index (χ4n) is 5.07. The first-order chi connectivity index (χ1) is 7.78. The number of nitrogens with one attached hydrogen (secondary N) is 1. The van der Waals surface area contributed by atoms with Crippen LogP contribution in [0, 0.1) is 29.6 Å². The van der Waals surface area contributed by atoms with Gasteiger partial charge >= 0.3 is 0 Å². The molecular formula is C15H25N. The summed E-state index contributed by atoms with van der Waals surface area (Å²) in [5.41, 5.74) is 1.68. The van der Waals surface area contributed by atoms with Gasteiger partial charge in [0.15, 0.2) is 0 Å². The van der Waals surface area contributed by atoms with Gasteiger partial charge in [0.05, 0.1) is 0 Å². The average Bonchev–Trinajstić information content (AvgIpc) is 2.24. The molecule has 4 saturated carbocycles. The van der Waals surface area contributed by atoms with Crippen LogP contribution in [0.4, 0.5) is 0 Å². The fraction of sp³-hybridized carbons (Fsp3) is 0.867. The summed E-state index contributed by atoms with van der Waals surface area (Å²) in [5, 5.41) is 3.24. The molecule has 0 aromatic rings. The molecule has 90 valence electrons. The Kier molecular flexibility index (Phi) is 2.83. The molecule has 16 heavy (non-hydrogen) atoms. The topological polar surface area (TPSA) is 12.0 Å². The van der Waals surface area contributed by atoms with Crippen LogP contribution in [0.3, 0.4) is 0 Å². The second-order valence-corrected chi connectivity index (χ2v) is 6.46. The van der Waals surface area contributed by atoms with Crippen LogP contribution in [0.25, 0.3) is 0 Å². The van der Waals surface area contributed by atoms with Gasteiger partial charge in [0.2, 0.25) is 0 Å².